The van der Waals surface area contributed by atoms with Crippen molar-refractivity contribution in [1.29, 1.82) is 0 Å². The molecule has 25 heavy (non-hydrogen) atoms. The average Bonchev–Trinajstić information content (AvgIpc) is 2.57. The number of rotatable bonds is 6. The topological polar surface area (TPSA) is 27.7 Å². The summed E-state index contributed by atoms with van der Waals surface area (Å²) in [6.45, 7) is 4.06. The first-order valence-corrected chi connectivity index (χ1v) is 10.6. The van der Waals surface area contributed by atoms with E-state index in [-0.39, 0.29) is 0 Å². The molecular weight excluding hydrogens is 380 g/mol. The van der Waals surface area contributed by atoms with Gasteiger partial charge in [0.05, 0.1) is 11.1 Å². The number of halogens is 1. The minimum atomic E-state index is -0.643. The zero-order valence-electron chi connectivity index (χ0n) is 15.6. The van der Waals surface area contributed by atoms with Crippen LogP contribution >= 0.6 is 15.9 Å². The van der Waals surface area contributed by atoms with Crippen molar-refractivity contribution in [3.63, 3.8) is 0 Å². The summed E-state index contributed by atoms with van der Waals surface area (Å²) in [5.41, 5.74) is 3.05. The van der Waals surface area contributed by atoms with Gasteiger partial charge in [-0.3, -0.25) is 0 Å². The summed E-state index contributed by atoms with van der Waals surface area (Å²) >= 11 is 3.81. The van der Waals surface area contributed by atoms with Gasteiger partial charge < -0.3 is 14.2 Å². The van der Waals surface area contributed by atoms with Crippen LogP contribution in [0.15, 0.2) is 21.4 Å². The van der Waals surface area contributed by atoms with E-state index in [1.807, 2.05) is 6.92 Å². The summed E-state index contributed by atoms with van der Waals surface area (Å²) in [4.78, 5) is 0. The van der Waals surface area contributed by atoms with Crippen LogP contribution in [0.1, 0.15) is 58.8 Å². The molecule has 5 aliphatic rings. The van der Waals surface area contributed by atoms with Gasteiger partial charge in [0.2, 0.25) is 0 Å². The third kappa shape index (κ3) is 3.23. The Balaban J connectivity index is 1.71. The largest absolute Gasteiger partial charge is 0.440 e. The van der Waals surface area contributed by atoms with E-state index in [1.54, 1.807) is 7.11 Å². The van der Waals surface area contributed by atoms with Gasteiger partial charge in [-0.2, -0.15) is 0 Å². The predicted molar refractivity (Wildman–Crippen MR) is 102 cm³/mol. The third-order valence-corrected chi connectivity index (χ3v) is 7.79. The van der Waals surface area contributed by atoms with E-state index in [0.29, 0.717) is 12.0 Å². The van der Waals surface area contributed by atoms with Gasteiger partial charge in [-0.15, -0.1) is 0 Å². The Labute approximate surface area is 160 Å². The second-order valence-electron chi connectivity index (χ2n) is 8.54. The highest BCUT2D eigenvalue weighted by Crippen LogP contribution is 2.64. The van der Waals surface area contributed by atoms with E-state index in [4.69, 9.17) is 14.2 Å². The molecule has 0 amide bonds. The highest BCUT2D eigenvalue weighted by Gasteiger charge is 2.53. The fraction of sp³-hybridized carbons (Fsp3) is 0.762. The van der Waals surface area contributed by atoms with E-state index < -0.39 is 6.48 Å². The lowest BCUT2D eigenvalue weighted by molar-refractivity contribution is -0.256. The molecule has 3 nitrogen and oxygen atoms in total. The Kier molecular flexibility index (Phi) is 5.07. The Bertz CT molecular complexity index is 557. The van der Waals surface area contributed by atoms with Crippen molar-refractivity contribution >= 4 is 15.9 Å². The first-order chi connectivity index (χ1) is 12.0. The molecule has 4 fully saturated rings. The predicted octanol–water partition coefficient (Wildman–Crippen LogP) is 5.72. The number of allylic oxidation sites excluding steroid dienone is 3. The van der Waals surface area contributed by atoms with Gasteiger partial charge in [-0.25, -0.2) is 0 Å². The maximum Gasteiger partial charge on any atom is 0.315 e. The number of ether oxygens (including phenoxy) is 3. The fourth-order valence-corrected chi connectivity index (χ4v) is 6.61. The molecule has 0 N–H and O–H groups in total. The maximum absolute atomic E-state index is 6.26. The summed E-state index contributed by atoms with van der Waals surface area (Å²) in [5, 5.41) is 0. The molecule has 5 aliphatic carbocycles. The second kappa shape index (κ2) is 7.01. The summed E-state index contributed by atoms with van der Waals surface area (Å²) in [7, 11) is 1.64. The van der Waals surface area contributed by atoms with E-state index >= 15 is 0 Å². The van der Waals surface area contributed by atoms with Gasteiger partial charge in [-0.1, -0.05) is 5.57 Å². The van der Waals surface area contributed by atoms with Crippen LogP contribution in [0.25, 0.3) is 0 Å². The number of hydrogen-bond acceptors (Lipinski definition) is 3. The van der Waals surface area contributed by atoms with Crippen molar-refractivity contribution in [3.8, 4) is 0 Å². The minimum absolute atomic E-state index is 0.314. The fourth-order valence-electron chi connectivity index (χ4n) is 6.15. The first-order valence-electron chi connectivity index (χ1n) is 9.79. The molecule has 5 rings (SSSR count). The minimum Gasteiger partial charge on any atom is -0.440 e. The third-order valence-electron chi connectivity index (χ3n) is 6.75. The zero-order valence-corrected chi connectivity index (χ0v) is 17.2. The number of hydrogen-bond donors (Lipinski definition) is 0. The average molecular weight is 410 g/mol. The summed E-state index contributed by atoms with van der Waals surface area (Å²) in [6, 6.07) is 0. The van der Waals surface area contributed by atoms with Crippen LogP contribution in [0.2, 0.25) is 0 Å². The first kappa shape index (κ1) is 18.1. The Morgan fingerprint density at radius 3 is 2.28 bits per heavy atom. The smallest absolute Gasteiger partial charge is 0.315 e. The SMILES string of the molecule is CCOC(OC)OC1=C(C23CC4CC(CC(C4)C2)C3)[CH]CC(C)=C1Br. The molecule has 1 unspecified atom stereocenters. The highest BCUT2D eigenvalue weighted by atomic mass is 79.9. The quantitative estimate of drug-likeness (QED) is 0.525. The van der Waals surface area contributed by atoms with Crippen molar-refractivity contribution in [2.75, 3.05) is 13.7 Å². The van der Waals surface area contributed by atoms with Crippen LogP contribution in [0.5, 0.6) is 0 Å². The normalized spacial score (nSPS) is 38.5. The molecular formula is C21H30BrO3. The van der Waals surface area contributed by atoms with Gasteiger partial charge >= 0.3 is 6.48 Å². The molecule has 4 heteroatoms. The van der Waals surface area contributed by atoms with Crippen LogP contribution in [-0.2, 0) is 14.2 Å². The van der Waals surface area contributed by atoms with Gasteiger partial charge in [0.25, 0.3) is 0 Å². The van der Waals surface area contributed by atoms with Gasteiger partial charge in [0.1, 0.15) is 5.76 Å². The Hall–Kier alpha value is -0.320. The van der Waals surface area contributed by atoms with Crippen LogP contribution < -0.4 is 0 Å². The molecule has 4 bridgehead atoms. The maximum atomic E-state index is 6.26. The number of methoxy groups -OCH3 is 1. The van der Waals surface area contributed by atoms with Crippen molar-refractivity contribution in [1.82, 2.24) is 0 Å². The molecule has 0 aromatic rings. The van der Waals surface area contributed by atoms with E-state index in [1.165, 1.54) is 49.7 Å². The van der Waals surface area contributed by atoms with Gasteiger partial charge in [-0.05, 0) is 110 Å². The van der Waals surface area contributed by atoms with Crippen LogP contribution in [0.3, 0.4) is 0 Å². The van der Waals surface area contributed by atoms with E-state index in [2.05, 4.69) is 29.3 Å². The van der Waals surface area contributed by atoms with Crippen LogP contribution in [0, 0.1) is 29.6 Å². The molecule has 0 aromatic carbocycles. The molecule has 0 saturated heterocycles. The lowest BCUT2D eigenvalue weighted by Crippen LogP contribution is -2.47. The van der Waals surface area contributed by atoms with Gasteiger partial charge in [0, 0.05) is 7.11 Å². The van der Waals surface area contributed by atoms with Crippen molar-refractivity contribution in [2.24, 2.45) is 23.2 Å². The molecule has 4 saturated carbocycles. The molecule has 1 radical (unpaired) electrons. The Morgan fingerprint density at radius 2 is 1.76 bits per heavy atom. The standard InChI is InChI=1S/C21H30BrO3/c1-4-24-20(23-3)25-19-17(6-5-13(2)18(19)22)21-10-14-7-15(11-21)9-16(8-14)12-21/h6,14-16,20H,4-5,7-12H2,1-3H3. The summed E-state index contributed by atoms with van der Waals surface area (Å²) in [5.74, 6) is 3.73. The summed E-state index contributed by atoms with van der Waals surface area (Å²) < 4.78 is 18.4. The zero-order chi connectivity index (χ0) is 17.6. The van der Waals surface area contributed by atoms with Crippen LogP contribution in [0.4, 0.5) is 0 Å². The van der Waals surface area contributed by atoms with E-state index in [0.717, 1.165) is 34.4 Å². The lowest BCUT2D eigenvalue weighted by atomic mass is 9.47. The van der Waals surface area contributed by atoms with Gasteiger partial charge in [0.15, 0.2) is 0 Å². The molecule has 0 spiro atoms. The highest BCUT2D eigenvalue weighted by molar-refractivity contribution is 9.12. The monoisotopic (exact) mass is 409 g/mol. The van der Waals surface area contributed by atoms with Crippen molar-refractivity contribution in [2.45, 2.75) is 65.3 Å². The van der Waals surface area contributed by atoms with Crippen molar-refractivity contribution < 1.29 is 14.2 Å². The van der Waals surface area contributed by atoms with Crippen LogP contribution in [-0.4, -0.2) is 20.2 Å². The molecule has 0 aliphatic heterocycles. The van der Waals surface area contributed by atoms with Crippen molar-refractivity contribution in [3.05, 3.63) is 27.8 Å². The Morgan fingerprint density at radius 1 is 1.16 bits per heavy atom. The molecule has 0 heterocycles. The molecule has 139 valence electrons. The lowest BCUT2D eigenvalue weighted by Gasteiger charge is -2.58. The summed E-state index contributed by atoms with van der Waals surface area (Å²) in [6.07, 6.45) is 11.8. The molecule has 0 aromatic heterocycles. The molecule has 1 atom stereocenters. The second-order valence-corrected chi connectivity index (χ2v) is 9.33. The van der Waals surface area contributed by atoms with E-state index in [9.17, 15) is 0 Å².